The lowest BCUT2D eigenvalue weighted by molar-refractivity contribution is 0.508. The number of hydrogen-bond donors (Lipinski definition) is 1. The molecule has 1 atom stereocenters. The van der Waals surface area contributed by atoms with Gasteiger partial charge in [-0.3, -0.25) is 0 Å². The van der Waals surface area contributed by atoms with Gasteiger partial charge in [0, 0.05) is 5.56 Å². The van der Waals surface area contributed by atoms with Crippen LogP contribution < -0.4 is 5.32 Å². The molecule has 1 aromatic heterocycles. The second-order valence-corrected chi connectivity index (χ2v) is 5.83. The van der Waals surface area contributed by atoms with Gasteiger partial charge in [-0.05, 0) is 52.6 Å². The van der Waals surface area contributed by atoms with Crippen LogP contribution in [-0.2, 0) is 6.42 Å². The fraction of sp³-hybridized carbons (Fsp3) is 0.385. The molecule has 0 aliphatic heterocycles. The van der Waals surface area contributed by atoms with Gasteiger partial charge in [0.2, 0.25) is 0 Å². The SMILES string of the molecule is CCNC(c1snnc1CC)c1c(F)ccc(Br)c1F. The number of aromatic nitrogens is 2. The maximum Gasteiger partial charge on any atom is 0.145 e. The number of nitrogens with zero attached hydrogens (tertiary/aromatic N) is 2. The molecule has 0 radical (unpaired) electrons. The Morgan fingerprint density at radius 3 is 2.75 bits per heavy atom. The van der Waals surface area contributed by atoms with E-state index in [9.17, 15) is 8.78 Å². The smallest absolute Gasteiger partial charge is 0.145 e. The van der Waals surface area contributed by atoms with Gasteiger partial charge in [-0.15, -0.1) is 5.10 Å². The number of hydrogen-bond acceptors (Lipinski definition) is 4. The first-order valence-electron chi connectivity index (χ1n) is 6.28. The fourth-order valence-corrected chi connectivity index (χ4v) is 3.19. The Balaban J connectivity index is 2.57. The van der Waals surface area contributed by atoms with Crippen molar-refractivity contribution in [3.63, 3.8) is 0 Å². The Morgan fingerprint density at radius 1 is 1.35 bits per heavy atom. The van der Waals surface area contributed by atoms with Crippen LogP contribution in [0.3, 0.4) is 0 Å². The third-order valence-electron chi connectivity index (χ3n) is 2.96. The number of halogens is 3. The second-order valence-electron chi connectivity index (χ2n) is 4.18. The van der Waals surface area contributed by atoms with Crippen molar-refractivity contribution in [1.82, 2.24) is 14.9 Å². The van der Waals surface area contributed by atoms with Gasteiger partial charge in [-0.25, -0.2) is 8.78 Å². The maximum absolute atomic E-state index is 14.3. The van der Waals surface area contributed by atoms with Gasteiger partial charge in [0.15, 0.2) is 0 Å². The Bertz CT molecular complexity index is 603. The summed E-state index contributed by atoms with van der Waals surface area (Å²) in [6.45, 7) is 4.41. The standard InChI is InChI=1S/C13H14BrF2N3S/c1-3-9-13(20-19-18-9)12(17-4-2)10-8(15)6-5-7(14)11(10)16/h5-6,12,17H,3-4H2,1-2H3. The van der Waals surface area contributed by atoms with Gasteiger partial charge in [0.05, 0.1) is 21.1 Å². The van der Waals surface area contributed by atoms with E-state index in [1.165, 1.54) is 23.7 Å². The molecule has 1 aromatic carbocycles. The molecule has 0 saturated carbocycles. The summed E-state index contributed by atoms with van der Waals surface area (Å²) >= 11 is 4.27. The van der Waals surface area contributed by atoms with Crippen LogP contribution in [0.1, 0.15) is 36.0 Å². The molecular formula is C13H14BrF2N3S. The molecule has 20 heavy (non-hydrogen) atoms. The van der Waals surface area contributed by atoms with Crippen LogP contribution in [-0.4, -0.2) is 16.1 Å². The second kappa shape index (κ2) is 6.69. The van der Waals surface area contributed by atoms with Gasteiger partial charge in [0.1, 0.15) is 11.6 Å². The average Bonchev–Trinajstić information content (AvgIpc) is 2.90. The van der Waals surface area contributed by atoms with Crippen molar-refractivity contribution in [3.8, 4) is 0 Å². The van der Waals surface area contributed by atoms with E-state index in [0.717, 1.165) is 10.6 Å². The van der Waals surface area contributed by atoms with E-state index in [1.807, 2.05) is 13.8 Å². The normalized spacial score (nSPS) is 12.7. The topological polar surface area (TPSA) is 37.8 Å². The maximum atomic E-state index is 14.3. The van der Waals surface area contributed by atoms with Crippen LogP contribution >= 0.6 is 27.5 Å². The molecule has 0 aliphatic carbocycles. The van der Waals surface area contributed by atoms with Crippen LogP contribution in [0.4, 0.5) is 8.78 Å². The Kier molecular flexibility index (Phi) is 5.17. The molecule has 0 saturated heterocycles. The highest BCUT2D eigenvalue weighted by molar-refractivity contribution is 9.10. The molecule has 108 valence electrons. The van der Waals surface area contributed by atoms with Crippen molar-refractivity contribution in [2.45, 2.75) is 26.3 Å². The minimum atomic E-state index is -0.591. The zero-order valence-electron chi connectivity index (χ0n) is 11.1. The number of rotatable bonds is 5. The van der Waals surface area contributed by atoms with Gasteiger partial charge in [-0.1, -0.05) is 18.3 Å². The molecule has 1 N–H and O–H groups in total. The van der Waals surface area contributed by atoms with E-state index in [2.05, 4.69) is 30.8 Å². The minimum Gasteiger partial charge on any atom is -0.306 e. The monoisotopic (exact) mass is 361 g/mol. The summed E-state index contributed by atoms with van der Waals surface area (Å²) in [7, 11) is 0. The van der Waals surface area contributed by atoms with E-state index < -0.39 is 17.7 Å². The summed E-state index contributed by atoms with van der Waals surface area (Å²) in [6, 6.07) is 2.04. The van der Waals surface area contributed by atoms with Crippen LogP contribution in [0, 0.1) is 11.6 Å². The zero-order valence-corrected chi connectivity index (χ0v) is 13.5. The molecule has 0 fully saturated rings. The Morgan fingerprint density at radius 2 is 2.10 bits per heavy atom. The van der Waals surface area contributed by atoms with E-state index in [0.29, 0.717) is 13.0 Å². The van der Waals surface area contributed by atoms with E-state index >= 15 is 0 Å². The molecule has 1 unspecified atom stereocenters. The number of benzene rings is 1. The lowest BCUT2D eigenvalue weighted by atomic mass is 10.0. The highest BCUT2D eigenvalue weighted by Gasteiger charge is 2.26. The zero-order chi connectivity index (χ0) is 14.7. The third kappa shape index (κ3) is 2.89. The first kappa shape index (κ1) is 15.5. The quantitative estimate of drug-likeness (QED) is 0.822. The first-order chi connectivity index (χ1) is 9.60. The van der Waals surface area contributed by atoms with Gasteiger partial charge >= 0.3 is 0 Å². The molecule has 0 spiro atoms. The highest BCUT2D eigenvalue weighted by Crippen LogP contribution is 2.33. The van der Waals surface area contributed by atoms with Crippen LogP contribution in [0.5, 0.6) is 0 Å². The van der Waals surface area contributed by atoms with Crippen LogP contribution in [0.25, 0.3) is 0 Å². The third-order valence-corrected chi connectivity index (χ3v) is 4.40. The molecule has 2 rings (SSSR count). The van der Waals surface area contributed by atoms with Crippen molar-refractivity contribution >= 4 is 27.5 Å². The van der Waals surface area contributed by atoms with E-state index in [4.69, 9.17) is 0 Å². The summed E-state index contributed by atoms with van der Waals surface area (Å²) in [5, 5.41) is 7.13. The molecular weight excluding hydrogens is 348 g/mol. The largest absolute Gasteiger partial charge is 0.306 e. The molecule has 1 heterocycles. The van der Waals surface area contributed by atoms with Crippen molar-refractivity contribution < 1.29 is 8.78 Å². The Hall–Kier alpha value is -0.920. The van der Waals surface area contributed by atoms with Crippen molar-refractivity contribution in [1.29, 1.82) is 0 Å². The van der Waals surface area contributed by atoms with E-state index in [-0.39, 0.29) is 10.0 Å². The first-order valence-corrected chi connectivity index (χ1v) is 7.84. The molecule has 0 amide bonds. The average molecular weight is 362 g/mol. The highest BCUT2D eigenvalue weighted by atomic mass is 79.9. The van der Waals surface area contributed by atoms with Crippen LogP contribution in [0.2, 0.25) is 0 Å². The van der Waals surface area contributed by atoms with Gasteiger partial charge in [-0.2, -0.15) is 0 Å². The number of aryl methyl sites for hydroxylation is 1. The molecule has 3 nitrogen and oxygen atoms in total. The van der Waals surface area contributed by atoms with Gasteiger partial charge in [0.25, 0.3) is 0 Å². The minimum absolute atomic E-state index is 0.00183. The summed E-state index contributed by atoms with van der Waals surface area (Å²) in [5.74, 6) is -1.17. The van der Waals surface area contributed by atoms with Crippen molar-refractivity contribution in [2.75, 3.05) is 6.54 Å². The van der Waals surface area contributed by atoms with Crippen LogP contribution in [0.15, 0.2) is 16.6 Å². The predicted molar refractivity (Wildman–Crippen MR) is 78.9 cm³/mol. The number of nitrogens with one attached hydrogen (secondary N) is 1. The fourth-order valence-electron chi connectivity index (χ4n) is 2.02. The van der Waals surface area contributed by atoms with Crippen molar-refractivity contribution in [3.05, 3.63) is 44.4 Å². The van der Waals surface area contributed by atoms with Crippen molar-refractivity contribution in [2.24, 2.45) is 0 Å². The predicted octanol–water partition coefficient (Wildman–Crippen LogP) is 3.84. The summed E-state index contributed by atoms with van der Waals surface area (Å²) in [5.41, 5.74) is 0.765. The summed E-state index contributed by atoms with van der Waals surface area (Å²) < 4.78 is 32.5. The lowest BCUT2D eigenvalue weighted by Gasteiger charge is -2.19. The molecule has 0 bridgehead atoms. The van der Waals surface area contributed by atoms with Gasteiger partial charge < -0.3 is 5.32 Å². The molecule has 7 heteroatoms. The van der Waals surface area contributed by atoms with E-state index in [1.54, 1.807) is 0 Å². The lowest BCUT2D eigenvalue weighted by Crippen LogP contribution is -2.24. The summed E-state index contributed by atoms with van der Waals surface area (Å²) in [4.78, 5) is 0.755. The molecule has 2 aromatic rings. The molecule has 0 aliphatic rings. The summed E-state index contributed by atoms with van der Waals surface area (Å²) in [6.07, 6.45) is 0.672. The Labute approximate surface area is 128 Å².